The van der Waals surface area contributed by atoms with Crippen molar-refractivity contribution in [3.63, 3.8) is 0 Å². The second kappa shape index (κ2) is 7.44. The highest BCUT2D eigenvalue weighted by Crippen LogP contribution is 2.27. The van der Waals surface area contributed by atoms with Gasteiger partial charge in [0.1, 0.15) is 18.0 Å². The smallest absolute Gasteiger partial charge is 0.134 e. The largest absolute Gasteiger partial charge is 0.394 e. The van der Waals surface area contributed by atoms with Crippen LogP contribution >= 0.6 is 11.3 Å². The molecule has 0 radical (unpaired) electrons. The van der Waals surface area contributed by atoms with Crippen molar-refractivity contribution >= 4 is 23.0 Å². The normalized spacial score (nSPS) is 19.0. The lowest BCUT2D eigenvalue weighted by Crippen LogP contribution is -2.32. The number of aliphatic hydroxyl groups is 1. The number of aliphatic hydroxyl groups excluding tert-OH is 1. The van der Waals surface area contributed by atoms with Gasteiger partial charge >= 0.3 is 0 Å². The molecule has 1 aliphatic heterocycles. The molecule has 0 saturated carbocycles. The van der Waals surface area contributed by atoms with Crippen molar-refractivity contribution in [3.8, 4) is 0 Å². The van der Waals surface area contributed by atoms with Crippen molar-refractivity contribution < 1.29 is 5.11 Å². The summed E-state index contributed by atoms with van der Waals surface area (Å²) in [6.07, 6.45) is 3.68. The number of hydrogen-bond acceptors (Lipinski definition) is 7. The molecule has 3 heterocycles. The summed E-state index contributed by atoms with van der Waals surface area (Å²) in [5, 5.41) is 16.2. The zero-order chi connectivity index (χ0) is 17.1. The quantitative estimate of drug-likeness (QED) is 0.836. The van der Waals surface area contributed by atoms with Crippen LogP contribution < -0.4 is 10.2 Å². The zero-order valence-electron chi connectivity index (χ0n) is 14.4. The third kappa shape index (κ3) is 3.67. The van der Waals surface area contributed by atoms with Crippen LogP contribution in [0.25, 0.3) is 0 Å². The summed E-state index contributed by atoms with van der Waals surface area (Å²) in [7, 11) is 0. The van der Waals surface area contributed by atoms with E-state index in [4.69, 9.17) is 4.98 Å². The number of nitrogens with one attached hydrogen (secondary N) is 1. The molecule has 6 nitrogen and oxygen atoms in total. The van der Waals surface area contributed by atoms with Gasteiger partial charge in [0.05, 0.1) is 29.4 Å². The first-order valence-corrected chi connectivity index (χ1v) is 9.38. The van der Waals surface area contributed by atoms with Crippen LogP contribution in [0.3, 0.4) is 0 Å². The van der Waals surface area contributed by atoms with E-state index < -0.39 is 0 Å². The van der Waals surface area contributed by atoms with E-state index in [-0.39, 0.29) is 18.7 Å². The van der Waals surface area contributed by atoms with E-state index in [0.717, 1.165) is 41.7 Å². The lowest BCUT2D eigenvalue weighted by atomic mass is 10.2. The molecule has 0 spiro atoms. The van der Waals surface area contributed by atoms with E-state index in [1.165, 1.54) is 0 Å². The van der Waals surface area contributed by atoms with Gasteiger partial charge in [-0.3, -0.25) is 0 Å². The molecule has 2 unspecified atom stereocenters. The molecule has 2 aromatic heterocycles. The summed E-state index contributed by atoms with van der Waals surface area (Å²) in [6, 6.07) is 2.21. The first kappa shape index (κ1) is 17.1. The average molecular weight is 347 g/mol. The topological polar surface area (TPSA) is 74.2 Å². The Balaban J connectivity index is 1.71. The van der Waals surface area contributed by atoms with Crippen molar-refractivity contribution in [1.29, 1.82) is 0 Å². The number of anilines is 2. The molecule has 1 fully saturated rings. The van der Waals surface area contributed by atoms with Crippen LogP contribution in [0.5, 0.6) is 0 Å². The third-order valence-electron chi connectivity index (χ3n) is 4.38. The number of nitrogens with zero attached hydrogens (tertiary/aromatic N) is 4. The lowest BCUT2D eigenvalue weighted by Gasteiger charge is -2.24. The second-order valence-electron chi connectivity index (χ2n) is 6.56. The van der Waals surface area contributed by atoms with Crippen LogP contribution in [0.1, 0.15) is 56.3 Å². The Morgan fingerprint density at radius 2 is 2.21 bits per heavy atom. The molecule has 1 aliphatic rings. The molecule has 0 amide bonds. The Morgan fingerprint density at radius 3 is 2.92 bits per heavy atom. The standard InChI is InChI=1S/C17H25N5OS/c1-11(2)17-21-14(9-24-17)12(3)20-15-7-16(19-10-18-15)22-6-4-5-13(22)8-23/h7,9-13,23H,4-6,8H2,1-3H3,(H,18,19,20). The van der Waals surface area contributed by atoms with Crippen LogP contribution in [0, 0.1) is 0 Å². The fraction of sp³-hybridized carbons (Fsp3) is 0.588. The van der Waals surface area contributed by atoms with Crippen LogP contribution in [0.2, 0.25) is 0 Å². The molecule has 7 heteroatoms. The van der Waals surface area contributed by atoms with Crippen LogP contribution in [-0.2, 0) is 0 Å². The summed E-state index contributed by atoms with van der Waals surface area (Å²) >= 11 is 1.70. The van der Waals surface area contributed by atoms with Crippen LogP contribution in [0.15, 0.2) is 17.8 Å². The number of thiazole rings is 1. The first-order chi connectivity index (χ1) is 11.6. The van der Waals surface area contributed by atoms with Crippen molar-refractivity contribution in [1.82, 2.24) is 15.0 Å². The summed E-state index contributed by atoms with van der Waals surface area (Å²) in [6.45, 7) is 7.50. The Kier molecular flexibility index (Phi) is 5.30. The Bertz CT molecular complexity index is 675. The van der Waals surface area contributed by atoms with E-state index in [9.17, 15) is 5.11 Å². The highest BCUT2D eigenvalue weighted by atomic mass is 32.1. The van der Waals surface area contributed by atoms with Crippen molar-refractivity contribution in [2.45, 2.75) is 51.6 Å². The predicted octanol–water partition coefficient (Wildman–Crippen LogP) is 3.19. The summed E-state index contributed by atoms with van der Waals surface area (Å²) in [5.41, 5.74) is 1.04. The molecule has 0 aromatic carbocycles. The van der Waals surface area contributed by atoms with Crippen LogP contribution in [0.4, 0.5) is 11.6 Å². The minimum absolute atomic E-state index is 0.0868. The maximum absolute atomic E-state index is 9.50. The third-order valence-corrected chi connectivity index (χ3v) is 5.54. The van der Waals surface area contributed by atoms with E-state index in [1.54, 1.807) is 17.7 Å². The van der Waals surface area contributed by atoms with E-state index in [0.29, 0.717) is 5.92 Å². The predicted molar refractivity (Wildman–Crippen MR) is 97.7 cm³/mol. The van der Waals surface area contributed by atoms with Gasteiger partial charge in [0.15, 0.2) is 0 Å². The maximum atomic E-state index is 9.50. The minimum Gasteiger partial charge on any atom is -0.394 e. The Hall–Kier alpha value is -1.73. The molecular formula is C17H25N5OS. The van der Waals surface area contributed by atoms with Gasteiger partial charge in [-0.15, -0.1) is 11.3 Å². The van der Waals surface area contributed by atoms with Gasteiger partial charge in [0.25, 0.3) is 0 Å². The lowest BCUT2D eigenvalue weighted by molar-refractivity contribution is 0.266. The fourth-order valence-corrected chi connectivity index (χ4v) is 3.90. The first-order valence-electron chi connectivity index (χ1n) is 8.50. The maximum Gasteiger partial charge on any atom is 0.134 e. The SMILES string of the molecule is CC(C)c1nc(C(C)Nc2cc(N3CCCC3CO)ncn2)cs1. The fourth-order valence-electron chi connectivity index (χ4n) is 2.97. The molecule has 2 atom stereocenters. The van der Waals surface area contributed by atoms with Crippen molar-refractivity contribution in [2.24, 2.45) is 0 Å². The molecule has 0 bridgehead atoms. The molecule has 24 heavy (non-hydrogen) atoms. The summed E-state index contributed by atoms with van der Waals surface area (Å²) < 4.78 is 0. The minimum atomic E-state index is 0.0868. The molecule has 2 N–H and O–H groups in total. The monoisotopic (exact) mass is 347 g/mol. The van der Waals surface area contributed by atoms with Gasteiger partial charge in [-0.2, -0.15) is 0 Å². The highest BCUT2D eigenvalue weighted by molar-refractivity contribution is 7.09. The number of hydrogen-bond donors (Lipinski definition) is 2. The van der Waals surface area contributed by atoms with Crippen LogP contribution in [-0.4, -0.2) is 39.3 Å². The van der Waals surface area contributed by atoms with Crippen molar-refractivity contribution in [3.05, 3.63) is 28.5 Å². The van der Waals surface area contributed by atoms with Gasteiger partial charge in [-0.25, -0.2) is 15.0 Å². The molecule has 2 aromatic rings. The summed E-state index contributed by atoms with van der Waals surface area (Å²) in [5.74, 6) is 2.11. The zero-order valence-corrected chi connectivity index (χ0v) is 15.3. The van der Waals surface area contributed by atoms with E-state index in [1.807, 2.05) is 6.07 Å². The molecule has 1 saturated heterocycles. The van der Waals surface area contributed by atoms with Gasteiger partial charge < -0.3 is 15.3 Å². The van der Waals surface area contributed by atoms with Gasteiger partial charge in [0.2, 0.25) is 0 Å². The van der Waals surface area contributed by atoms with E-state index >= 15 is 0 Å². The number of aromatic nitrogens is 3. The Labute approximate surface area is 147 Å². The second-order valence-corrected chi connectivity index (χ2v) is 7.45. The van der Waals surface area contributed by atoms with Gasteiger partial charge in [-0.1, -0.05) is 13.8 Å². The number of rotatable bonds is 6. The molecule has 130 valence electrons. The van der Waals surface area contributed by atoms with Gasteiger partial charge in [0, 0.05) is 23.9 Å². The molecule has 3 rings (SSSR count). The summed E-state index contributed by atoms with van der Waals surface area (Å²) in [4.78, 5) is 15.6. The Morgan fingerprint density at radius 1 is 1.38 bits per heavy atom. The highest BCUT2D eigenvalue weighted by Gasteiger charge is 2.25. The van der Waals surface area contributed by atoms with Crippen molar-refractivity contribution in [2.75, 3.05) is 23.4 Å². The molecular weight excluding hydrogens is 322 g/mol. The average Bonchev–Trinajstić information content (AvgIpc) is 3.24. The molecule has 0 aliphatic carbocycles. The van der Waals surface area contributed by atoms with Gasteiger partial charge in [-0.05, 0) is 19.8 Å². The van der Waals surface area contributed by atoms with E-state index in [2.05, 4.69) is 46.3 Å².